The molecule has 0 spiro atoms. The number of carbonyl (C=O) groups excluding carboxylic acids is 3. The number of aromatic nitrogens is 2. The maximum atomic E-state index is 13.7. The number of allylic oxidation sites excluding steroid dienone is 1. The number of aromatic amines is 1. The number of rotatable bonds is 10. The molecule has 0 unspecified atom stereocenters. The van der Waals surface area contributed by atoms with E-state index >= 15 is 0 Å². The molecule has 4 heterocycles. The topological polar surface area (TPSA) is 120 Å². The molecular formula is C44H52N6O4. The molecule has 2 fully saturated rings. The summed E-state index contributed by atoms with van der Waals surface area (Å²) in [4.78, 5) is 56.0. The number of alkyl carbamates (subject to hydrolysis) is 1. The Labute approximate surface area is 318 Å². The van der Waals surface area contributed by atoms with Crippen LogP contribution in [0.5, 0.6) is 0 Å². The molecule has 0 saturated carbocycles. The average Bonchev–Trinajstić information content (AvgIpc) is 4.02. The molecule has 1 aromatic heterocycles. The number of methoxy groups -OCH3 is 1. The maximum absolute atomic E-state index is 13.7. The molecule has 7 rings (SSSR count). The highest BCUT2D eigenvalue weighted by molar-refractivity contribution is 6.09. The normalized spacial score (nSPS) is 19.7. The minimum absolute atomic E-state index is 0.0135. The summed E-state index contributed by atoms with van der Waals surface area (Å²) in [5.74, 6) is 1.18. The Morgan fingerprint density at radius 1 is 0.796 bits per heavy atom. The van der Waals surface area contributed by atoms with Crippen molar-refractivity contribution in [1.82, 2.24) is 25.1 Å². The van der Waals surface area contributed by atoms with Crippen LogP contribution in [0.4, 0.5) is 4.79 Å². The fourth-order valence-corrected chi connectivity index (χ4v) is 8.25. The molecule has 2 saturated heterocycles. The molecular weight excluding hydrogens is 677 g/mol. The highest BCUT2D eigenvalue weighted by Crippen LogP contribution is 2.39. The van der Waals surface area contributed by atoms with E-state index in [1.54, 1.807) is 0 Å². The highest BCUT2D eigenvalue weighted by Gasteiger charge is 2.39. The number of benzene rings is 3. The summed E-state index contributed by atoms with van der Waals surface area (Å²) in [5.41, 5.74) is 7.51. The number of ether oxygens (including phenoxy) is 1. The van der Waals surface area contributed by atoms with Crippen LogP contribution >= 0.6 is 0 Å². The zero-order chi connectivity index (χ0) is 38.1. The van der Waals surface area contributed by atoms with Gasteiger partial charge in [0, 0.05) is 37.3 Å². The number of aliphatic imine (C=N–C) groups is 1. The highest BCUT2D eigenvalue weighted by atomic mass is 16.5. The fraction of sp³-hybridized carbons (Fsp3) is 0.432. The SMILES string of the molecule is COC(=O)N[C@H](C(=O)N1CCC[C@H]1C1=NC=C(c2ccc(-c3ccc(-c4cnc([C@@H]5CCCN5C(=O)[C@@H](C)C(C)C)[nH]4)cc3)c3ccccc23)C1)C(C)C. The van der Waals surface area contributed by atoms with Crippen molar-refractivity contribution in [3.05, 3.63) is 84.4 Å². The minimum Gasteiger partial charge on any atom is -0.453 e. The Kier molecular flexibility index (Phi) is 10.7. The van der Waals surface area contributed by atoms with E-state index in [0.29, 0.717) is 18.9 Å². The summed E-state index contributed by atoms with van der Waals surface area (Å²) >= 11 is 0. The predicted octanol–water partition coefficient (Wildman–Crippen LogP) is 8.41. The first kappa shape index (κ1) is 37.1. The van der Waals surface area contributed by atoms with Gasteiger partial charge in [0.05, 0.1) is 31.1 Å². The van der Waals surface area contributed by atoms with Crippen molar-refractivity contribution in [2.45, 2.75) is 84.8 Å². The van der Waals surface area contributed by atoms with Gasteiger partial charge >= 0.3 is 6.09 Å². The monoisotopic (exact) mass is 728 g/mol. The molecule has 0 radical (unpaired) electrons. The second-order valence-electron chi connectivity index (χ2n) is 15.7. The van der Waals surface area contributed by atoms with Crippen molar-refractivity contribution < 1.29 is 19.1 Å². The van der Waals surface area contributed by atoms with Crippen LogP contribution in [-0.2, 0) is 14.3 Å². The zero-order valence-corrected chi connectivity index (χ0v) is 32.3. The van der Waals surface area contributed by atoms with Gasteiger partial charge in [-0.1, -0.05) is 95.3 Å². The van der Waals surface area contributed by atoms with E-state index in [9.17, 15) is 14.4 Å². The molecule has 10 heteroatoms. The predicted molar refractivity (Wildman–Crippen MR) is 214 cm³/mol. The van der Waals surface area contributed by atoms with Gasteiger partial charge in [0.2, 0.25) is 11.8 Å². The van der Waals surface area contributed by atoms with Gasteiger partial charge < -0.3 is 24.8 Å². The first-order chi connectivity index (χ1) is 26.0. The van der Waals surface area contributed by atoms with E-state index < -0.39 is 12.1 Å². The van der Waals surface area contributed by atoms with Crippen molar-refractivity contribution in [1.29, 1.82) is 0 Å². The van der Waals surface area contributed by atoms with Gasteiger partial charge in [-0.05, 0) is 76.1 Å². The molecule has 3 amide bonds. The van der Waals surface area contributed by atoms with Crippen LogP contribution < -0.4 is 5.32 Å². The van der Waals surface area contributed by atoms with E-state index in [0.717, 1.165) is 88.1 Å². The van der Waals surface area contributed by atoms with Gasteiger partial charge in [-0.25, -0.2) is 9.78 Å². The lowest BCUT2D eigenvalue weighted by Gasteiger charge is -2.31. The summed E-state index contributed by atoms with van der Waals surface area (Å²) in [6.45, 7) is 11.5. The van der Waals surface area contributed by atoms with Crippen LogP contribution in [0.15, 0.2) is 78.1 Å². The third kappa shape index (κ3) is 7.18. The molecule has 3 aromatic carbocycles. The van der Waals surface area contributed by atoms with Crippen molar-refractivity contribution in [3.8, 4) is 22.4 Å². The molecule has 4 atom stereocenters. The summed E-state index contributed by atoms with van der Waals surface area (Å²) < 4.78 is 4.80. The number of nitrogens with zero attached hydrogens (tertiary/aromatic N) is 4. The quantitative estimate of drug-likeness (QED) is 0.170. The van der Waals surface area contributed by atoms with Gasteiger partial charge in [0.1, 0.15) is 11.9 Å². The Morgan fingerprint density at radius 2 is 1.43 bits per heavy atom. The van der Waals surface area contributed by atoms with Crippen LogP contribution in [0.2, 0.25) is 0 Å². The molecule has 3 aliphatic rings. The maximum Gasteiger partial charge on any atom is 0.407 e. The standard InChI is InChI=1S/C44H52N6O4/c1-26(2)28(5)42(51)50-22-10-14-39(50)41-46-25-37(47-41)30-17-15-29(16-18-30)32-19-20-33(35-12-8-7-11-34(32)35)31-23-36(45-24-31)38-13-9-21-49(38)43(52)40(27(3)4)48-44(53)54-6/h7-8,11-12,15-20,24-28,38-40H,9-10,13-14,21-23H2,1-6H3,(H,46,47)(H,48,53)/t28-,38-,39-,40-/m0/s1. The summed E-state index contributed by atoms with van der Waals surface area (Å²) in [7, 11) is 1.31. The first-order valence-electron chi connectivity index (χ1n) is 19.4. The number of hydrogen-bond donors (Lipinski definition) is 2. The van der Waals surface area contributed by atoms with Crippen molar-refractivity contribution in [2.24, 2.45) is 22.7 Å². The molecule has 10 nitrogen and oxygen atoms in total. The third-order valence-corrected chi connectivity index (χ3v) is 11.7. The van der Waals surface area contributed by atoms with Crippen LogP contribution in [0, 0.1) is 17.8 Å². The van der Waals surface area contributed by atoms with Gasteiger partial charge in [-0.3, -0.25) is 14.6 Å². The Hall–Kier alpha value is -5.25. The number of fused-ring (bicyclic) bond motifs is 1. The second-order valence-corrected chi connectivity index (χ2v) is 15.7. The minimum atomic E-state index is -0.659. The van der Waals surface area contributed by atoms with Crippen LogP contribution in [0.1, 0.15) is 84.2 Å². The van der Waals surface area contributed by atoms with Gasteiger partial charge in [-0.2, -0.15) is 0 Å². The van der Waals surface area contributed by atoms with E-state index in [-0.39, 0.29) is 35.7 Å². The Morgan fingerprint density at radius 3 is 2.09 bits per heavy atom. The van der Waals surface area contributed by atoms with Crippen LogP contribution in [-0.4, -0.2) is 75.7 Å². The van der Waals surface area contributed by atoms with Crippen molar-refractivity contribution >= 4 is 40.0 Å². The van der Waals surface area contributed by atoms with Gasteiger partial charge in [0.15, 0.2) is 0 Å². The Balaban J connectivity index is 1.07. The summed E-state index contributed by atoms with van der Waals surface area (Å²) in [6, 6.07) is 20.7. The number of H-pyrrole nitrogens is 1. The second kappa shape index (κ2) is 15.6. The lowest BCUT2D eigenvalue weighted by Crippen LogP contribution is -2.53. The molecule has 0 bridgehead atoms. The van der Waals surface area contributed by atoms with Crippen LogP contribution in [0.25, 0.3) is 38.7 Å². The number of nitrogens with one attached hydrogen (secondary N) is 2. The molecule has 4 aromatic rings. The zero-order valence-electron chi connectivity index (χ0n) is 32.3. The number of hydrogen-bond acceptors (Lipinski definition) is 6. The molecule has 0 aliphatic carbocycles. The number of carbonyl (C=O) groups is 3. The van der Waals surface area contributed by atoms with E-state index in [2.05, 4.69) is 84.8 Å². The molecule has 282 valence electrons. The number of amides is 3. The van der Waals surface area contributed by atoms with Crippen molar-refractivity contribution in [2.75, 3.05) is 20.2 Å². The summed E-state index contributed by atoms with van der Waals surface area (Å²) in [6.07, 6.45) is 7.56. The lowest BCUT2D eigenvalue weighted by molar-refractivity contribution is -0.137. The number of imidazole rings is 1. The van der Waals surface area contributed by atoms with E-state index in [1.807, 2.05) is 43.0 Å². The van der Waals surface area contributed by atoms with E-state index in [1.165, 1.54) is 7.11 Å². The average molecular weight is 729 g/mol. The number of likely N-dealkylation sites (tertiary alicyclic amines) is 2. The molecule has 2 N–H and O–H groups in total. The van der Waals surface area contributed by atoms with Crippen molar-refractivity contribution in [3.63, 3.8) is 0 Å². The molecule has 54 heavy (non-hydrogen) atoms. The smallest absolute Gasteiger partial charge is 0.407 e. The van der Waals surface area contributed by atoms with Crippen LogP contribution in [0.3, 0.4) is 0 Å². The fourth-order valence-electron chi connectivity index (χ4n) is 8.25. The third-order valence-electron chi connectivity index (χ3n) is 11.7. The van der Waals surface area contributed by atoms with Gasteiger partial charge in [0.25, 0.3) is 0 Å². The lowest BCUT2D eigenvalue weighted by atomic mass is 9.90. The first-order valence-corrected chi connectivity index (χ1v) is 19.4. The Bertz CT molecular complexity index is 2100. The van der Waals surface area contributed by atoms with E-state index in [4.69, 9.17) is 14.7 Å². The summed E-state index contributed by atoms with van der Waals surface area (Å²) in [5, 5.41) is 5.06. The largest absolute Gasteiger partial charge is 0.453 e. The molecule has 3 aliphatic heterocycles. The van der Waals surface area contributed by atoms with Gasteiger partial charge in [-0.15, -0.1) is 0 Å².